The highest BCUT2D eigenvalue weighted by atomic mass is 16.2. The Hall–Kier alpha value is -1.36. The van der Waals surface area contributed by atoms with Crippen molar-refractivity contribution in [2.75, 3.05) is 5.32 Å². The van der Waals surface area contributed by atoms with Gasteiger partial charge in [-0.3, -0.25) is 9.48 Å². The van der Waals surface area contributed by atoms with Gasteiger partial charge >= 0.3 is 0 Å². The molecule has 1 aromatic heterocycles. The molecule has 5 heteroatoms. The second-order valence-electron chi connectivity index (χ2n) is 4.49. The van der Waals surface area contributed by atoms with E-state index in [0.717, 1.165) is 25.7 Å². The van der Waals surface area contributed by atoms with Crippen molar-refractivity contribution in [3.63, 3.8) is 0 Å². The predicted octanol–water partition coefficient (Wildman–Crippen LogP) is 0.876. The third kappa shape index (κ3) is 2.61. The molecular weight excluding hydrogens is 204 g/mol. The number of aromatic nitrogens is 2. The summed E-state index contributed by atoms with van der Waals surface area (Å²) >= 11 is 0. The Morgan fingerprint density at radius 3 is 3.06 bits per heavy atom. The van der Waals surface area contributed by atoms with Gasteiger partial charge in [-0.2, -0.15) is 5.10 Å². The number of rotatable bonds is 2. The summed E-state index contributed by atoms with van der Waals surface area (Å²) in [6.07, 6.45) is 5.61. The Morgan fingerprint density at radius 1 is 1.62 bits per heavy atom. The first-order chi connectivity index (χ1) is 7.65. The lowest BCUT2D eigenvalue weighted by Gasteiger charge is -2.25. The van der Waals surface area contributed by atoms with Gasteiger partial charge in [0, 0.05) is 31.3 Å². The van der Waals surface area contributed by atoms with E-state index in [-0.39, 0.29) is 17.9 Å². The van der Waals surface area contributed by atoms with E-state index >= 15 is 0 Å². The second-order valence-corrected chi connectivity index (χ2v) is 4.49. The summed E-state index contributed by atoms with van der Waals surface area (Å²) in [5, 5.41) is 6.94. The summed E-state index contributed by atoms with van der Waals surface area (Å²) in [4.78, 5) is 11.9. The van der Waals surface area contributed by atoms with Gasteiger partial charge in [-0.15, -0.1) is 0 Å². The molecule has 2 unspecified atom stereocenters. The van der Waals surface area contributed by atoms with E-state index in [1.807, 2.05) is 13.2 Å². The SMILES string of the molecule is Cn1ccc(NC(=O)C2CCCC(N)C2)n1. The van der Waals surface area contributed by atoms with Crippen LogP contribution in [0.15, 0.2) is 12.3 Å². The van der Waals surface area contributed by atoms with E-state index in [1.165, 1.54) is 0 Å². The van der Waals surface area contributed by atoms with Gasteiger partial charge in [-0.25, -0.2) is 0 Å². The fraction of sp³-hybridized carbons (Fsp3) is 0.636. The average Bonchev–Trinajstić information content (AvgIpc) is 2.64. The molecule has 1 saturated carbocycles. The minimum Gasteiger partial charge on any atom is -0.328 e. The Balaban J connectivity index is 1.92. The van der Waals surface area contributed by atoms with Gasteiger partial charge in [0.15, 0.2) is 5.82 Å². The van der Waals surface area contributed by atoms with Crippen molar-refractivity contribution >= 4 is 11.7 Å². The molecule has 0 aromatic carbocycles. The van der Waals surface area contributed by atoms with Crippen molar-refractivity contribution in [3.05, 3.63) is 12.3 Å². The van der Waals surface area contributed by atoms with Crippen LogP contribution in [0.1, 0.15) is 25.7 Å². The van der Waals surface area contributed by atoms with E-state index in [1.54, 1.807) is 10.7 Å². The Morgan fingerprint density at radius 2 is 2.44 bits per heavy atom. The molecule has 1 fully saturated rings. The molecule has 16 heavy (non-hydrogen) atoms. The van der Waals surface area contributed by atoms with Gasteiger partial charge in [0.1, 0.15) is 0 Å². The predicted molar refractivity (Wildman–Crippen MR) is 61.8 cm³/mol. The van der Waals surface area contributed by atoms with Crippen LogP contribution in [0.3, 0.4) is 0 Å². The van der Waals surface area contributed by atoms with Crippen LogP contribution in [0, 0.1) is 5.92 Å². The number of amides is 1. The van der Waals surface area contributed by atoms with Gasteiger partial charge in [-0.05, 0) is 19.3 Å². The normalized spacial score (nSPS) is 25.4. The topological polar surface area (TPSA) is 72.9 Å². The van der Waals surface area contributed by atoms with Gasteiger partial charge in [0.25, 0.3) is 0 Å². The van der Waals surface area contributed by atoms with Crippen LogP contribution >= 0.6 is 0 Å². The van der Waals surface area contributed by atoms with Crippen molar-refractivity contribution < 1.29 is 4.79 Å². The van der Waals surface area contributed by atoms with Crippen molar-refractivity contribution in [1.82, 2.24) is 9.78 Å². The monoisotopic (exact) mass is 222 g/mol. The molecule has 1 amide bonds. The number of anilines is 1. The lowest BCUT2D eigenvalue weighted by molar-refractivity contribution is -0.120. The standard InChI is InChI=1S/C11H18N4O/c1-15-6-5-10(14-15)13-11(16)8-3-2-4-9(12)7-8/h5-6,8-9H,2-4,7,12H2,1H3,(H,13,14,16). The van der Waals surface area contributed by atoms with Crippen molar-refractivity contribution in [1.29, 1.82) is 0 Å². The molecule has 1 aliphatic rings. The molecule has 3 N–H and O–H groups in total. The number of hydrogen-bond acceptors (Lipinski definition) is 3. The first kappa shape index (κ1) is 11.1. The molecule has 2 rings (SSSR count). The number of aryl methyl sites for hydroxylation is 1. The van der Waals surface area contributed by atoms with Crippen molar-refractivity contribution in [2.24, 2.45) is 18.7 Å². The Kier molecular flexibility index (Phi) is 3.24. The quantitative estimate of drug-likeness (QED) is 0.780. The number of carbonyl (C=O) groups is 1. The van der Waals surface area contributed by atoms with Crippen LogP contribution in [-0.4, -0.2) is 21.7 Å². The van der Waals surface area contributed by atoms with Crippen LogP contribution < -0.4 is 11.1 Å². The average molecular weight is 222 g/mol. The molecular formula is C11H18N4O. The van der Waals surface area contributed by atoms with Gasteiger partial charge in [-0.1, -0.05) is 6.42 Å². The fourth-order valence-electron chi connectivity index (χ4n) is 2.18. The summed E-state index contributed by atoms with van der Waals surface area (Å²) in [7, 11) is 1.83. The van der Waals surface area contributed by atoms with Gasteiger partial charge < -0.3 is 11.1 Å². The molecule has 0 bridgehead atoms. The molecule has 1 aliphatic carbocycles. The van der Waals surface area contributed by atoms with Gasteiger partial charge in [0.2, 0.25) is 5.91 Å². The largest absolute Gasteiger partial charge is 0.328 e. The molecule has 1 aromatic rings. The first-order valence-corrected chi connectivity index (χ1v) is 5.71. The molecule has 2 atom stereocenters. The molecule has 0 saturated heterocycles. The lowest BCUT2D eigenvalue weighted by atomic mass is 9.85. The zero-order chi connectivity index (χ0) is 11.5. The summed E-state index contributed by atoms with van der Waals surface area (Å²) in [5.74, 6) is 0.714. The summed E-state index contributed by atoms with van der Waals surface area (Å²) in [5.41, 5.74) is 5.86. The van der Waals surface area contributed by atoms with Gasteiger partial charge in [0.05, 0.1) is 0 Å². The molecule has 0 spiro atoms. The first-order valence-electron chi connectivity index (χ1n) is 5.71. The highest BCUT2D eigenvalue weighted by molar-refractivity contribution is 5.91. The fourth-order valence-corrected chi connectivity index (χ4v) is 2.18. The number of carbonyl (C=O) groups excluding carboxylic acids is 1. The smallest absolute Gasteiger partial charge is 0.228 e. The van der Waals surface area contributed by atoms with Crippen LogP contribution in [0.2, 0.25) is 0 Å². The summed E-state index contributed by atoms with van der Waals surface area (Å²) in [6.45, 7) is 0. The van der Waals surface area contributed by atoms with Crippen LogP contribution in [0.5, 0.6) is 0 Å². The molecule has 5 nitrogen and oxygen atoms in total. The zero-order valence-electron chi connectivity index (χ0n) is 9.52. The van der Waals surface area contributed by atoms with E-state index in [0.29, 0.717) is 5.82 Å². The lowest BCUT2D eigenvalue weighted by Crippen LogP contribution is -2.34. The van der Waals surface area contributed by atoms with Crippen LogP contribution in [0.25, 0.3) is 0 Å². The van der Waals surface area contributed by atoms with Crippen molar-refractivity contribution in [2.45, 2.75) is 31.7 Å². The Labute approximate surface area is 95.0 Å². The van der Waals surface area contributed by atoms with Crippen molar-refractivity contribution in [3.8, 4) is 0 Å². The number of hydrogen-bond donors (Lipinski definition) is 2. The highest BCUT2D eigenvalue weighted by Crippen LogP contribution is 2.24. The molecule has 1 heterocycles. The Bertz CT molecular complexity index is 374. The third-order valence-electron chi connectivity index (χ3n) is 3.05. The molecule has 0 radical (unpaired) electrons. The summed E-state index contributed by atoms with van der Waals surface area (Å²) in [6, 6.07) is 1.97. The maximum Gasteiger partial charge on any atom is 0.228 e. The number of nitrogens with two attached hydrogens (primary N) is 1. The third-order valence-corrected chi connectivity index (χ3v) is 3.05. The van der Waals surface area contributed by atoms with E-state index in [2.05, 4.69) is 10.4 Å². The maximum absolute atomic E-state index is 11.9. The molecule has 88 valence electrons. The molecule has 0 aliphatic heterocycles. The van der Waals surface area contributed by atoms with E-state index < -0.39 is 0 Å². The van der Waals surface area contributed by atoms with E-state index in [4.69, 9.17) is 5.73 Å². The minimum atomic E-state index is 0.0470. The minimum absolute atomic E-state index is 0.0470. The maximum atomic E-state index is 11.9. The zero-order valence-corrected chi connectivity index (χ0v) is 9.52. The second kappa shape index (κ2) is 4.65. The van der Waals surface area contributed by atoms with Crippen LogP contribution in [-0.2, 0) is 11.8 Å². The highest BCUT2D eigenvalue weighted by Gasteiger charge is 2.25. The summed E-state index contributed by atoms with van der Waals surface area (Å²) < 4.78 is 1.67. The van der Waals surface area contributed by atoms with E-state index in [9.17, 15) is 4.79 Å². The number of nitrogens with zero attached hydrogens (tertiary/aromatic N) is 2. The van der Waals surface area contributed by atoms with Crippen LogP contribution in [0.4, 0.5) is 5.82 Å². The number of nitrogens with one attached hydrogen (secondary N) is 1.